The summed E-state index contributed by atoms with van der Waals surface area (Å²) in [5.74, 6) is -0.0993. The van der Waals surface area contributed by atoms with Gasteiger partial charge < -0.3 is 4.74 Å². The normalized spacial score (nSPS) is 12.2. The van der Waals surface area contributed by atoms with E-state index < -0.39 is 0 Å². The summed E-state index contributed by atoms with van der Waals surface area (Å²) < 4.78 is 4.62. The molecule has 0 aromatic heterocycles. The minimum atomic E-state index is -0.0993. The van der Waals surface area contributed by atoms with E-state index in [-0.39, 0.29) is 5.97 Å². The number of allylic oxidation sites excluding steroid dienone is 8. The Bertz CT molecular complexity index is 402. The van der Waals surface area contributed by atoms with Crippen LogP contribution < -0.4 is 0 Å². The van der Waals surface area contributed by atoms with Crippen molar-refractivity contribution in [3.8, 4) is 0 Å². The maximum Gasteiger partial charge on any atom is 0.305 e. The predicted molar refractivity (Wildman–Crippen MR) is 110 cm³/mol. The zero-order chi connectivity index (χ0) is 18.4. The number of carbonyl (C=O) groups is 1. The molecule has 2 nitrogen and oxygen atoms in total. The molecule has 0 spiro atoms. The van der Waals surface area contributed by atoms with Gasteiger partial charge in [-0.1, -0.05) is 74.8 Å². The Morgan fingerprint density at radius 2 is 1.16 bits per heavy atom. The number of ether oxygens (including phenoxy) is 1. The lowest BCUT2D eigenvalue weighted by Crippen LogP contribution is -1.98. The van der Waals surface area contributed by atoms with Crippen molar-refractivity contribution in [2.45, 2.75) is 84.0 Å². The van der Waals surface area contributed by atoms with Gasteiger partial charge in [-0.05, 0) is 51.4 Å². The van der Waals surface area contributed by atoms with E-state index in [2.05, 4.69) is 60.3 Å². The molecule has 0 aromatic carbocycles. The smallest absolute Gasteiger partial charge is 0.305 e. The van der Waals surface area contributed by atoms with Crippen molar-refractivity contribution in [1.29, 1.82) is 0 Å². The average molecular weight is 347 g/mol. The molecule has 0 saturated heterocycles. The highest BCUT2D eigenvalue weighted by molar-refractivity contribution is 5.68. The Labute approximate surface area is 155 Å². The van der Waals surface area contributed by atoms with Crippen LogP contribution in [0.3, 0.4) is 0 Å². The third-order valence-corrected chi connectivity index (χ3v) is 3.94. The number of hydrogen-bond donors (Lipinski definition) is 0. The second kappa shape index (κ2) is 20.5. The summed E-state index contributed by atoms with van der Waals surface area (Å²) in [6, 6.07) is 0. The molecule has 0 aliphatic carbocycles. The van der Waals surface area contributed by atoms with E-state index in [4.69, 9.17) is 0 Å². The Hall–Kier alpha value is -1.57. The zero-order valence-electron chi connectivity index (χ0n) is 16.4. The van der Waals surface area contributed by atoms with Crippen LogP contribution in [0.1, 0.15) is 84.0 Å². The lowest BCUT2D eigenvalue weighted by atomic mass is 10.1. The first-order valence-electron chi connectivity index (χ1n) is 9.98. The van der Waals surface area contributed by atoms with E-state index in [1.165, 1.54) is 32.8 Å². The highest BCUT2D eigenvalue weighted by atomic mass is 16.5. The molecule has 0 rings (SSSR count). The van der Waals surface area contributed by atoms with Gasteiger partial charge >= 0.3 is 5.97 Å². The average Bonchev–Trinajstić information content (AvgIpc) is 2.63. The molecule has 0 fully saturated rings. The van der Waals surface area contributed by atoms with Gasteiger partial charge in [0.05, 0.1) is 7.11 Å². The molecule has 0 radical (unpaired) electrons. The Morgan fingerprint density at radius 1 is 0.680 bits per heavy atom. The van der Waals surface area contributed by atoms with Crippen LogP contribution in [0.4, 0.5) is 0 Å². The van der Waals surface area contributed by atoms with Crippen LogP contribution in [0, 0.1) is 0 Å². The summed E-state index contributed by atoms with van der Waals surface area (Å²) in [6.45, 7) is 2.24. The van der Waals surface area contributed by atoms with Crippen LogP contribution in [-0.2, 0) is 9.53 Å². The van der Waals surface area contributed by atoms with Crippen LogP contribution in [0.15, 0.2) is 48.6 Å². The number of esters is 1. The van der Waals surface area contributed by atoms with Crippen molar-refractivity contribution >= 4 is 5.97 Å². The third kappa shape index (κ3) is 20.4. The van der Waals surface area contributed by atoms with Gasteiger partial charge in [0, 0.05) is 6.42 Å². The van der Waals surface area contributed by atoms with E-state index in [1.54, 1.807) is 0 Å². The SMILES string of the molecule is CCCCC/C=C/C/C=C/C/C=C/C/C=C\CCCCCC(=O)OC. The molecule has 0 aliphatic rings. The number of methoxy groups -OCH3 is 1. The fourth-order valence-corrected chi connectivity index (χ4v) is 2.37. The fourth-order valence-electron chi connectivity index (χ4n) is 2.37. The van der Waals surface area contributed by atoms with Gasteiger partial charge in [0.15, 0.2) is 0 Å². The first-order valence-corrected chi connectivity index (χ1v) is 9.98. The van der Waals surface area contributed by atoms with Crippen LogP contribution >= 0.6 is 0 Å². The number of hydrogen-bond acceptors (Lipinski definition) is 2. The predicted octanol–water partition coefficient (Wildman–Crippen LogP) is 7.09. The van der Waals surface area contributed by atoms with E-state index in [1.807, 2.05) is 0 Å². The Morgan fingerprint density at radius 3 is 1.64 bits per heavy atom. The molecule has 0 unspecified atom stereocenters. The molecule has 0 atom stereocenters. The first kappa shape index (κ1) is 23.4. The van der Waals surface area contributed by atoms with Gasteiger partial charge in [0.2, 0.25) is 0 Å². The number of rotatable bonds is 16. The largest absolute Gasteiger partial charge is 0.469 e. The molecule has 0 bridgehead atoms. The molecule has 0 saturated carbocycles. The quantitative estimate of drug-likeness (QED) is 0.169. The van der Waals surface area contributed by atoms with Gasteiger partial charge in [-0.25, -0.2) is 0 Å². The van der Waals surface area contributed by atoms with Crippen LogP contribution in [0.2, 0.25) is 0 Å². The van der Waals surface area contributed by atoms with Crippen molar-refractivity contribution in [3.63, 3.8) is 0 Å². The summed E-state index contributed by atoms with van der Waals surface area (Å²) in [5, 5.41) is 0. The molecule has 0 aliphatic heterocycles. The molecule has 25 heavy (non-hydrogen) atoms. The third-order valence-electron chi connectivity index (χ3n) is 3.94. The fraction of sp³-hybridized carbons (Fsp3) is 0.609. The molecular weight excluding hydrogens is 308 g/mol. The maximum atomic E-state index is 10.9. The Kier molecular flexibility index (Phi) is 19.2. The standard InChI is InChI=1S/C23H38O2/c1-3-4-5-6-7-8-9-10-11-12-13-14-15-16-17-18-19-20-21-22-23(24)25-2/h7-8,10-11,13-14,16-17H,3-6,9,12,15,18-22H2,1-2H3/b8-7+,11-10+,14-13+,17-16-. The summed E-state index contributed by atoms with van der Waals surface area (Å²) in [7, 11) is 1.45. The number of carbonyl (C=O) groups excluding carboxylic acids is 1. The maximum absolute atomic E-state index is 10.9. The van der Waals surface area contributed by atoms with Gasteiger partial charge in [0.1, 0.15) is 0 Å². The van der Waals surface area contributed by atoms with Crippen molar-refractivity contribution in [1.82, 2.24) is 0 Å². The molecule has 2 heteroatoms. The van der Waals surface area contributed by atoms with Crippen LogP contribution in [-0.4, -0.2) is 13.1 Å². The summed E-state index contributed by atoms with van der Waals surface area (Å²) in [4.78, 5) is 10.9. The van der Waals surface area contributed by atoms with Gasteiger partial charge in [-0.3, -0.25) is 4.79 Å². The molecular formula is C23H38O2. The minimum absolute atomic E-state index is 0.0993. The van der Waals surface area contributed by atoms with E-state index in [0.29, 0.717) is 6.42 Å². The molecule has 0 amide bonds. The monoisotopic (exact) mass is 346 g/mol. The summed E-state index contributed by atoms with van der Waals surface area (Å²) >= 11 is 0. The van der Waals surface area contributed by atoms with E-state index in [0.717, 1.165) is 44.9 Å². The summed E-state index contributed by atoms with van der Waals surface area (Å²) in [5.41, 5.74) is 0. The van der Waals surface area contributed by atoms with E-state index >= 15 is 0 Å². The molecule has 0 N–H and O–H groups in total. The van der Waals surface area contributed by atoms with Crippen molar-refractivity contribution in [2.75, 3.05) is 7.11 Å². The lowest BCUT2D eigenvalue weighted by molar-refractivity contribution is -0.140. The van der Waals surface area contributed by atoms with Crippen molar-refractivity contribution < 1.29 is 9.53 Å². The first-order chi connectivity index (χ1) is 12.3. The number of unbranched alkanes of at least 4 members (excludes halogenated alkanes) is 6. The highest BCUT2D eigenvalue weighted by Crippen LogP contribution is 2.05. The molecule has 0 heterocycles. The van der Waals surface area contributed by atoms with E-state index in [9.17, 15) is 4.79 Å². The summed E-state index contributed by atoms with van der Waals surface area (Å²) in [6.07, 6.45) is 31.0. The van der Waals surface area contributed by atoms with Gasteiger partial charge in [0.25, 0.3) is 0 Å². The highest BCUT2D eigenvalue weighted by Gasteiger charge is 1.97. The minimum Gasteiger partial charge on any atom is -0.469 e. The second-order valence-corrected chi connectivity index (χ2v) is 6.26. The van der Waals surface area contributed by atoms with Crippen molar-refractivity contribution in [3.05, 3.63) is 48.6 Å². The topological polar surface area (TPSA) is 26.3 Å². The molecule has 0 aromatic rings. The van der Waals surface area contributed by atoms with Gasteiger partial charge in [-0.15, -0.1) is 0 Å². The van der Waals surface area contributed by atoms with Crippen LogP contribution in [0.25, 0.3) is 0 Å². The Balaban J connectivity index is 3.39. The van der Waals surface area contributed by atoms with Gasteiger partial charge in [-0.2, -0.15) is 0 Å². The molecule has 142 valence electrons. The van der Waals surface area contributed by atoms with Crippen molar-refractivity contribution in [2.24, 2.45) is 0 Å². The zero-order valence-corrected chi connectivity index (χ0v) is 16.4. The second-order valence-electron chi connectivity index (χ2n) is 6.26. The lowest BCUT2D eigenvalue weighted by Gasteiger charge is -1.98. The van der Waals surface area contributed by atoms with Crippen LogP contribution in [0.5, 0.6) is 0 Å².